The molecule has 2 N–H and O–H groups in total. The van der Waals surface area contributed by atoms with Crippen LogP contribution in [0, 0.1) is 6.92 Å². The Morgan fingerprint density at radius 1 is 1.57 bits per heavy atom. The van der Waals surface area contributed by atoms with Gasteiger partial charge in [-0.25, -0.2) is 4.98 Å². The SMILES string of the molecule is Cc1nccn1CCN1CC[C@H](N)C1. The quantitative estimate of drug-likeness (QED) is 0.749. The van der Waals surface area contributed by atoms with Gasteiger partial charge >= 0.3 is 0 Å². The average molecular weight is 194 g/mol. The number of likely N-dealkylation sites (tertiary alicyclic amines) is 1. The molecule has 4 nitrogen and oxygen atoms in total. The summed E-state index contributed by atoms with van der Waals surface area (Å²) in [5.74, 6) is 1.09. The third kappa shape index (κ3) is 2.13. The largest absolute Gasteiger partial charge is 0.334 e. The van der Waals surface area contributed by atoms with Crippen LogP contribution in [0.3, 0.4) is 0 Å². The van der Waals surface area contributed by atoms with E-state index in [2.05, 4.69) is 14.5 Å². The van der Waals surface area contributed by atoms with Crippen LogP contribution in [0.4, 0.5) is 0 Å². The van der Waals surface area contributed by atoms with E-state index in [-0.39, 0.29) is 0 Å². The van der Waals surface area contributed by atoms with Gasteiger partial charge in [-0.1, -0.05) is 0 Å². The van der Waals surface area contributed by atoms with Gasteiger partial charge in [0, 0.05) is 38.1 Å². The van der Waals surface area contributed by atoms with Crippen LogP contribution in [0.5, 0.6) is 0 Å². The number of aryl methyl sites for hydroxylation is 1. The zero-order valence-electron chi connectivity index (χ0n) is 8.69. The van der Waals surface area contributed by atoms with E-state index in [4.69, 9.17) is 5.73 Å². The Kier molecular flexibility index (Phi) is 2.84. The predicted molar refractivity (Wildman–Crippen MR) is 56.0 cm³/mol. The second-order valence-electron chi connectivity index (χ2n) is 4.02. The normalized spacial score (nSPS) is 23.1. The van der Waals surface area contributed by atoms with Gasteiger partial charge in [0.2, 0.25) is 0 Å². The van der Waals surface area contributed by atoms with Gasteiger partial charge in [0.1, 0.15) is 5.82 Å². The van der Waals surface area contributed by atoms with Gasteiger partial charge in [-0.2, -0.15) is 0 Å². The molecule has 1 aliphatic rings. The molecule has 1 atom stereocenters. The highest BCUT2D eigenvalue weighted by atomic mass is 15.2. The molecule has 1 aliphatic heterocycles. The van der Waals surface area contributed by atoms with E-state index in [9.17, 15) is 0 Å². The number of hydrogen-bond donors (Lipinski definition) is 1. The predicted octanol–water partition coefficient (Wildman–Crippen LogP) is 0.225. The zero-order chi connectivity index (χ0) is 9.97. The second kappa shape index (κ2) is 4.11. The van der Waals surface area contributed by atoms with Crippen LogP contribution >= 0.6 is 0 Å². The first kappa shape index (κ1) is 9.68. The third-order valence-electron chi connectivity index (χ3n) is 2.89. The number of nitrogens with two attached hydrogens (primary N) is 1. The minimum atomic E-state index is 0.388. The summed E-state index contributed by atoms with van der Waals surface area (Å²) in [7, 11) is 0. The molecule has 1 saturated heterocycles. The first-order chi connectivity index (χ1) is 6.75. The van der Waals surface area contributed by atoms with Crippen molar-refractivity contribution >= 4 is 0 Å². The van der Waals surface area contributed by atoms with Crippen LogP contribution in [0.2, 0.25) is 0 Å². The number of aromatic nitrogens is 2. The topological polar surface area (TPSA) is 47.1 Å². The van der Waals surface area contributed by atoms with Crippen molar-refractivity contribution in [2.75, 3.05) is 19.6 Å². The van der Waals surface area contributed by atoms with Crippen LogP contribution < -0.4 is 5.73 Å². The minimum absolute atomic E-state index is 0.388. The molecule has 0 aliphatic carbocycles. The molecule has 0 radical (unpaired) electrons. The Hall–Kier alpha value is -0.870. The summed E-state index contributed by atoms with van der Waals surface area (Å²) in [6.45, 7) is 6.35. The lowest BCUT2D eigenvalue weighted by Crippen LogP contribution is -2.29. The van der Waals surface area contributed by atoms with E-state index in [1.807, 2.05) is 19.3 Å². The van der Waals surface area contributed by atoms with E-state index in [0.717, 1.165) is 38.4 Å². The van der Waals surface area contributed by atoms with Crippen molar-refractivity contribution in [1.29, 1.82) is 0 Å². The first-order valence-electron chi connectivity index (χ1n) is 5.21. The zero-order valence-corrected chi connectivity index (χ0v) is 8.69. The lowest BCUT2D eigenvalue weighted by Gasteiger charge is -2.15. The second-order valence-corrected chi connectivity index (χ2v) is 4.02. The van der Waals surface area contributed by atoms with Crippen molar-refractivity contribution in [3.05, 3.63) is 18.2 Å². The maximum Gasteiger partial charge on any atom is 0.105 e. The van der Waals surface area contributed by atoms with E-state index in [0.29, 0.717) is 6.04 Å². The van der Waals surface area contributed by atoms with Crippen molar-refractivity contribution in [2.45, 2.75) is 25.9 Å². The highest BCUT2D eigenvalue weighted by Crippen LogP contribution is 2.06. The molecule has 0 spiro atoms. The van der Waals surface area contributed by atoms with Crippen molar-refractivity contribution in [3.8, 4) is 0 Å². The Bertz CT molecular complexity index is 294. The molecule has 1 fully saturated rings. The maximum atomic E-state index is 5.84. The molecular weight excluding hydrogens is 176 g/mol. The Labute approximate surface area is 84.7 Å². The maximum absolute atomic E-state index is 5.84. The van der Waals surface area contributed by atoms with Crippen molar-refractivity contribution in [3.63, 3.8) is 0 Å². The van der Waals surface area contributed by atoms with E-state index in [1.165, 1.54) is 0 Å². The molecule has 1 aromatic rings. The Balaban J connectivity index is 1.80. The van der Waals surface area contributed by atoms with Gasteiger partial charge in [-0.05, 0) is 19.9 Å². The molecule has 0 bridgehead atoms. The molecule has 0 amide bonds. The van der Waals surface area contributed by atoms with E-state index in [1.54, 1.807) is 0 Å². The molecular formula is C10H18N4. The molecule has 0 unspecified atom stereocenters. The fourth-order valence-electron chi connectivity index (χ4n) is 1.95. The van der Waals surface area contributed by atoms with Crippen LogP contribution in [0.1, 0.15) is 12.2 Å². The van der Waals surface area contributed by atoms with Gasteiger partial charge in [-0.3, -0.25) is 4.90 Å². The number of rotatable bonds is 3. The fraction of sp³-hybridized carbons (Fsp3) is 0.700. The molecule has 4 heteroatoms. The molecule has 0 aromatic carbocycles. The van der Waals surface area contributed by atoms with Gasteiger partial charge < -0.3 is 10.3 Å². The molecule has 2 rings (SSSR count). The van der Waals surface area contributed by atoms with Crippen molar-refractivity contribution in [1.82, 2.24) is 14.5 Å². The average Bonchev–Trinajstić information content (AvgIpc) is 2.72. The van der Waals surface area contributed by atoms with Crippen LogP contribution in [-0.4, -0.2) is 40.1 Å². The standard InChI is InChI=1S/C10H18N4/c1-9-12-3-5-14(9)7-6-13-4-2-10(11)8-13/h3,5,10H,2,4,6-8,11H2,1H3/t10-/m0/s1. The van der Waals surface area contributed by atoms with Crippen LogP contribution in [-0.2, 0) is 6.54 Å². The van der Waals surface area contributed by atoms with Gasteiger partial charge in [-0.15, -0.1) is 0 Å². The number of nitrogens with zero attached hydrogens (tertiary/aromatic N) is 3. The monoisotopic (exact) mass is 194 g/mol. The summed E-state index contributed by atoms with van der Waals surface area (Å²) >= 11 is 0. The highest BCUT2D eigenvalue weighted by molar-refractivity contribution is 4.89. The molecule has 0 saturated carbocycles. The van der Waals surface area contributed by atoms with Gasteiger partial charge in [0.05, 0.1) is 0 Å². The highest BCUT2D eigenvalue weighted by Gasteiger charge is 2.18. The lowest BCUT2D eigenvalue weighted by atomic mass is 10.3. The smallest absolute Gasteiger partial charge is 0.105 e. The Morgan fingerprint density at radius 2 is 2.43 bits per heavy atom. The molecule has 2 heterocycles. The summed E-state index contributed by atoms with van der Waals surface area (Å²) in [5.41, 5.74) is 5.84. The summed E-state index contributed by atoms with van der Waals surface area (Å²) in [6.07, 6.45) is 5.03. The van der Waals surface area contributed by atoms with Crippen molar-refractivity contribution < 1.29 is 0 Å². The summed E-state index contributed by atoms with van der Waals surface area (Å²) in [6, 6.07) is 0.388. The van der Waals surface area contributed by atoms with E-state index >= 15 is 0 Å². The van der Waals surface area contributed by atoms with Crippen LogP contribution in [0.15, 0.2) is 12.4 Å². The number of hydrogen-bond acceptors (Lipinski definition) is 3. The lowest BCUT2D eigenvalue weighted by molar-refractivity contribution is 0.317. The summed E-state index contributed by atoms with van der Waals surface area (Å²) in [5, 5.41) is 0. The van der Waals surface area contributed by atoms with Gasteiger partial charge in [0.25, 0.3) is 0 Å². The minimum Gasteiger partial charge on any atom is -0.334 e. The molecule has 1 aromatic heterocycles. The first-order valence-corrected chi connectivity index (χ1v) is 5.21. The summed E-state index contributed by atoms with van der Waals surface area (Å²) < 4.78 is 2.18. The van der Waals surface area contributed by atoms with Gasteiger partial charge in [0.15, 0.2) is 0 Å². The third-order valence-corrected chi connectivity index (χ3v) is 2.89. The number of imidazole rings is 1. The van der Waals surface area contributed by atoms with Crippen LogP contribution in [0.25, 0.3) is 0 Å². The Morgan fingerprint density at radius 3 is 3.00 bits per heavy atom. The van der Waals surface area contributed by atoms with E-state index < -0.39 is 0 Å². The summed E-state index contributed by atoms with van der Waals surface area (Å²) in [4.78, 5) is 6.62. The molecule has 78 valence electrons. The molecule has 14 heavy (non-hydrogen) atoms. The van der Waals surface area contributed by atoms with Crippen molar-refractivity contribution in [2.24, 2.45) is 5.73 Å². The fourth-order valence-corrected chi connectivity index (χ4v) is 1.95.